The number of carbonyl (C=O) groups excluding carboxylic acids is 1. The van der Waals surface area contributed by atoms with Crippen molar-refractivity contribution in [3.05, 3.63) is 39.9 Å². The molecule has 0 spiro atoms. The number of hydrogen-bond donors (Lipinski definition) is 1. The van der Waals surface area contributed by atoms with Crippen LogP contribution in [0.4, 0.5) is 18.9 Å². The summed E-state index contributed by atoms with van der Waals surface area (Å²) in [6, 6.07) is 3.84. The van der Waals surface area contributed by atoms with E-state index in [2.05, 4.69) is 5.43 Å². The lowest BCUT2D eigenvalue weighted by Gasteiger charge is -2.28. The highest BCUT2D eigenvalue weighted by atomic mass is 19.4. The average molecular weight is 317 g/mol. The van der Waals surface area contributed by atoms with Crippen LogP contribution in [0.1, 0.15) is 18.4 Å². The number of rotatable bonds is 5. The van der Waals surface area contributed by atoms with Gasteiger partial charge in [-0.15, -0.1) is 0 Å². The fourth-order valence-electron chi connectivity index (χ4n) is 2.42. The van der Waals surface area contributed by atoms with Crippen molar-refractivity contribution in [3.8, 4) is 0 Å². The number of hydrazine groups is 1. The van der Waals surface area contributed by atoms with Gasteiger partial charge in [-0.05, 0) is 12.8 Å². The number of para-hydroxylation sites is 1. The molecule has 1 fully saturated rings. The Morgan fingerprint density at radius 3 is 2.59 bits per heavy atom. The number of alkyl halides is 3. The van der Waals surface area contributed by atoms with Crippen molar-refractivity contribution in [2.45, 2.75) is 31.5 Å². The maximum absolute atomic E-state index is 13.1. The lowest BCUT2D eigenvalue weighted by Crippen LogP contribution is -2.50. The van der Waals surface area contributed by atoms with E-state index >= 15 is 0 Å². The van der Waals surface area contributed by atoms with Crippen molar-refractivity contribution < 1.29 is 22.9 Å². The number of benzene rings is 1. The van der Waals surface area contributed by atoms with Crippen molar-refractivity contribution >= 4 is 11.6 Å². The summed E-state index contributed by atoms with van der Waals surface area (Å²) in [5.41, 5.74) is 2.22. The number of nitrogens with zero attached hydrogens (tertiary/aromatic N) is 2. The van der Waals surface area contributed by atoms with E-state index in [1.54, 1.807) is 6.07 Å². The molecule has 0 aliphatic carbocycles. The van der Waals surface area contributed by atoms with Crippen LogP contribution in [0.15, 0.2) is 24.3 Å². The largest absolute Gasteiger partial charge is 0.405 e. The summed E-state index contributed by atoms with van der Waals surface area (Å²) in [7, 11) is 0. The quantitative estimate of drug-likeness (QED) is 0.667. The maximum atomic E-state index is 13.1. The van der Waals surface area contributed by atoms with E-state index in [4.69, 9.17) is 0 Å². The van der Waals surface area contributed by atoms with Crippen LogP contribution >= 0.6 is 0 Å². The van der Waals surface area contributed by atoms with Gasteiger partial charge in [0.15, 0.2) is 0 Å². The molecule has 1 saturated heterocycles. The molecule has 0 saturated carbocycles. The molecule has 1 heterocycles. The molecule has 1 unspecified atom stereocenters. The Morgan fingerprint density at radius 2 is 2.05 bits per heavy atom. The van der Waals surface area contributed by atoms with Gasteiger partial charge in [0.25, 0.3) is 5.69 Å². The molecule has 0 bridgehead atoms. The number of nitro groups is 1. The molecule has 0 aromatic heterocycles. The van der Waals surface area contributed by atoms with Gasteiger partial charge in [-0.25, -0.2) is 5.01 Å². The monoisotopic (exact) mass is 317 g/mol. The average Bonchev–Trinajstić information content (AvgIpc) is 2.84. The highest BCUT2D eigenvalue weighted by Gasteiger charge is 2.45. The molecule has 1 aliphatic rings. The SMILES string of the molecule is O=C1CCN(C(CCc2ccccc2[N+](=O)[O-])C(F)(F)F)N1. The van der Waals surface area contributed by atoms with E-state index in [0.29, 0.717) is 0 Å². The van der Waals surface area contributed by atoms with Crippen molar-refractivity contribution in [3.63, 3.8) is 0 Å². The normalized spacial score (nSPS) is 17.3. The van der Waals surface area contributed by atoms with E-state index in [9.17, 15) is 28.1 Å². The first-order chi connectivity index (χ1) is 10.3. The number of hydrogen-bond acceptors (Lipinski definition) is 4. The second-order valence-electron chi connectivity index (χ2n) is 4.96. The zero-order valence-electron chi connectivity index (χ0n) is 11.5. The molecule has 1 amide bonds. The Balaban J connectivity index is 2.12. The van der Waals surface area contributed by atoms with E-state index in [1.807, 2.05) is 0 Å². The number of nitro benzene ring substituents is 1. The second-order valence-corrected chi connectivity index (χ2v) is 4.96. The molecule has 0 radical (unpaired) electrons. The fourth-order valence-corrected chi connectivity index (χ4v) is 2.42. The second kappa shape index (κ2) is 6.30. The third-order valence-electron chi connectivity index (χ3n) is 3.48. The lowest BCUT2D eigenvalue weighted by molar-refractivity contribution is -0.385. The number of amides is 1. The summed E-state index contributed by atoms with van der Waals surface area (Å²) in [5, 5.41) is 11.7. The van der Waals surface area contributed by atoms with Gasteiger partial charge in [0.05, 0.1) is 4.92 Å². The van der Waals surface area contributed by atoms with Gasteiger partial charge in [-0.3, -0.25) is 20.3 Å². The third kappa shape index (κ3) is 3.73. The van der Waals surface area contributed by atoms with Crippen LogP contribution in [0.3, 0.4) is 0 Å². The van der Waals surface area contributed by atoms with Crippen LogP contribution in [0.2, 0.25) is 0 Å². The number of halogens is 3. The molecule has 22 heavy (non-hydrogen) atoms. The molecule has 1 aromatic carbocycles. The standard InChI is InChI=1S/C13H14F3N3O3/c14-13(15,16)11(18-8-7-12(20)17-18)6-5-9-3-1-2-4-10(9)19(21)22/h1-4,11H,5-8H2,(H,17,20). The first-order valence-electron chi connectivity index (χ1n) is 6.64. The van der Waals surface area contributed by atoms with Gasteiger partial charge in [-0.1, -0.05) is 18.2 Å². The summed E-state index contributed by atoms with van der Waals surface area (Å²) in [4.78, 5) is 21.4. The smallest absolute Gasteiger partial charge is 0.288 e. The van der Waals surface area contributed by atoms with Gasteiger partial charge in [-0.2, -0.15) is 13.2 Å². The number of aryl methyl sites for hydroxylation is 1. The minimum atomic E-state index is -4.53. The summed E-state index contributed by atoms with van der Waals surface area (Å²) in [5.74, 6) is -0.458. The molecular weight excluding hydrogens is 303 g/mol. The molecule has 1 aromatic rings. The summed E-state index contributed by atoms with van der Waals surface area (Å²) >= 11 is 0. The summed E-state index contributed by atoms with van der Waals surface area (Å²) in [6.07, 6.45) is -4.98. The first-order valence-corrected chi connectivity index (χ1v) is 6.64. The number of carbonyl (C=O) groups is 1. The molecule has 1 atom stereocenters. The molecule has 1 N–H and O–H groups in total. The van der Waals surface area contributed by atoms with Gasteiger partial charge in [0.1, 0.15) is 6.04 Å². The topological polar surface area (TPSA) is 75.5 Å². The van der Waals surface area contributed by atoms with Gasteiger partial charge >= 0.3 is 6.18 Å². The van der Waals surface area contributed by atoms with E-state index < -0.39 is 23.0 Å². The Kier molecular flexibility index (Phi) is 4.65. The zero-order chi connectivity index (χ0) is 16.3. The van der Waals surface area contributed by atoms with Gasteiger partial charge < -0.3 is 0 Å². The van der Waals surface area contributed by atoms with Crippen LogP contribution in [-0.2, 0) is 11.2 Å². The predicted octanol–water partition coefficient (Wildman–Crippen LogP) is 2.20. The van der Waals surface area contributed by atoms with Crippen LogP contribution in [0, 0.1) is 10.1 Å². The highest BCUT2D eigenvalue weighted by Crippen LogP contribution is 2.30. The Hall–Kier alpha value is -2.16. The Labute approximate surface area is 124 Å². The highest BCUT2D eigenvalue weighted by molar-refractivity contribution is 5.77. The van der Waals surface area contributed by atoms with E-state index in [-0.39, 0.29) is 37.1 Å². The molecule has 120 valence electrons. The molecule has 9 heteroatoms. The van der Waals surface area contributed by atoms with Crippen molar-refractivity contribution in [1.82, 2.24) is 10.4 Å². The van der Waals surface area contributed by atoms with Gasteiger partial charge in [0, 0.05) is 24.6 Å². The molecular formula is C13H14F3N3O3. The van der Waals surface area contributed by atoms with Crippen molar-refractivity contribution in [1.29, 1.82) is 0 Å². The van der Waals surface area contributed by atoms with Crippen LogP contribution < -0.4 is 5.43 Å². The van der Waals surface area contributed by atoms with Crippen LogP contribution in [0.5, 0.6) is 0 Å². The summed E-state index contributed by atoms with van der Waals surface area (Å²) < 4.78 is 39.4. The number of nitrogens with one attached hydrogen (secondary N) is 1. The molecule has 2 rings (SSSR count). The van der Waals surface area contributed by atoms with Crippen LogP contribution in [0.25, 0.3) is 0 Å². The summed E-state index contributed by atoms with van der Waals surface area (Å²) in [6.45, 7) is -0.0279. The predicted molar refractivity (Wildman–Crippen MR) is 70.7 cm³/mol. The Bertz CT molecular complexity index is 577. The van der Waals surface area contributed by atoms with Gasteiger partial charge in [0.2, 0.25) is 5.91 Å². The van der Waals surface area contributed by atoms with E-state index in [1.165, 1.54) is 18.2 Å². The lowest BCUT2D eigenvalue weighted by atomic mass is 10.0. The van der Waals surface area contributed by atoms with E-state index in [0.717, 1.165) is 5.01 Å². The van der Waals surface area contributed by atoms with Crippen molar-refractivity contribution in [2.24, 2.45) is 0 Å². The van der Waals surface area contributed by atoms with Crippen molar-refractivity contribution in [2.75, 3.05) is 6.54 Å². The fraction of sp³-hybridized carbons (Fsp3) is 0.462. The Morgan fingerprint density at radius 1 is 1.36 bits per heavy atom. The first kappa shape index (κ1) is 16.2. The third-order valence-corrected chi connectivity index (χ3v) is 3.48. The molecule has 1 aliphatic heterocycles. The zero-order valence-corrected chi connectivity index (χ0v) is 11.5. The minimum absolute atomic E-state index is 0.0120. The molecule has 6 nitrogen and oxygen atoms in total. The van der Waals surface area contributed by atoms with Crippen LogP contribution in [-0.4, -0.2) is 34.6 Å². The maximum Gasteiger partial charge on any atom is 0.405 e. The minimum Gasteiger partial charge on any atom is -0.288 e.